The lowest BCUT2D eigenvalue weighted by molar-refractivity contribution is -0.0192. The molecule has 0 bridgehead atoms. The quantitative estimate of drug-likeness (QED) is 0.361. The molecular weight excluding hydrogens is 580 g/mol. The standard InChI is InChI=1S/2C19H29NO3/c2*1-12(2)7-14-11-20-6-5-13-8-18(22-3)19(23-4)9-15(13)16(20)10-17(14)21/h2*8-9,12,14,16-17,21H,5-7,10-11H2,1-4H3/t2*14-,16+,17+/m10/s1. The number of nitrogens with zero attached hydrogens (tertiary/aromatic N) is 2. The van der Waals surface area contributed by atoms with Crippen LogP contribution < -0.4 is 18.9 Å². The molecule has 8 heteroatoms. The van der Waals surface area contributed by atoms with Crippen molar-refractivity contribution in [2.75, 3.05) is 54.6 Å². The van der Waals surface area contributed by atoms with E-state index in [4.69, 9.17) is 18.9 Å². The minimum Gasteiger partial charge on any atom is -0.493 e. The Morgan fingerprint density at radius 3 is 1.28 bits per heavy atom. The van der Waals surface area contributed by atoms with Gasteiger partial charge >= 0.3 is 0 Å². The van der Waals surface area contributed by atoms with Crippen LogP contribution in [0, 0.1) is 23.7 Å². The van der Waals surface area contributed by atoms with Gasteiger partial charge in [-0.1, -0.05) is 27.7 Å². The van der Waals surface area contributed by atoms with Gasteiger partial charge in [-0.3, -0.25) is 9.80 Å². The van der Waals surface area contributed by atoms with Gasteiger partial charge in [-0.15, -0.1) is 0 Å². The normalized spacial score (nSPS) is 27.5. The van der Waals surface area contributed by atoms with E-state index in [1.54, 1.807) is 28.4 Å². The van der Waals surface area contributed by atoms with Gasteiger partial charge in [0.25, 0.3) is 0 Å². The molecule has 2 fully saturated rings. The number of ether oxygens (including phenoxy) is 4. The summed E-state index contributed by atoms with van der Waals surface area (Å²) in [5.41, 5.74) is 5.27. The highest BCUT2D eigenvalue weighted by atomic mass is 16.5. The van der Waals surface area contributed by atoms with Crippen LogP contribution in [0.3, 0.4) is 0 Å². The molecule has 4 aliphatic heterocycles. The van der Waals surface area contributed by atoms with Crippen LogP contribution in [0.25, 0.3) is 0 Å². The fourth-order valence-corrected chi connectivity index (χ4v) is 8.51. The Morgan fingerprint density at radius 2 is 0.957 bits per heavy atom. The van der Waals surface area contributed by atoms with Gasteiger partial charge in [-0.2, -0.15) is 0 Å². The Hall–Kier alpha value is -2.52. The third-order valence-electron chi connectivity index (χ3n) is 10.7. The third-order valence-corrected chi connectivity index (χ3v) is 10.7. The first-order valence-corrected chi connectivity index (χ1v) is 17.4. The summed E-state index contributed by atoms with van der Waals surface area (Å²) in [6.45, 7) is 13.1. The van der Waals surface area contributed by atoms with Gasteiger partial charge in [0.15, 0.2) is 23.0 Å². The smallest absolute Gasteiger partial charge is 0.161 e. The Balaban J connectivity index is 0.000000181. The van der Waals surface area contributed by atoms with E-state index in [2.05, 4.69) is 61.8 Å². The lowest BCUT2D eigenvalue weighted by Gasteiger charge is -2.46. The molecule has 0 spiro atoms. The number of hydrogen-bond acceptors (Lipinski definition) is 8. The maximum absolute atomic E-state index is 10.6. The largest absolute Gasteiger partial charge is 0.493 e. The van der Waals surface area contributed by atoms with Crippen LogP contribution in [-0.2, 0) is 12.8 Å². The van der Waals surface area contributed by atoms with Crippen LogP contribution in [-0.4, -0.2) is 86.8 Å². The SMILES string of the molecule is COc1cc2c(cc1OC)[C@@H]1C[C@H](O)[C@H](CC(C)C)CN1CC2.COc1cc2c(cc1OC)[C@H]1C[C@@H](O)[C@@H](CC(C)C)CN1CC2. The Labute approximate surface area is 277 Å². The van der Waals surface area contributed by atoms with Gasteiger partial charge in [0.2, 0.25) is 0 Å². The molecular formula is C38H58N2O6. The summed E-state index contributed by atoms with van der Waals surface area (Å²) in [6.07, 6.45) is 5.50. The zero-order chi connectivity index (χ0) is 33.1. The number of aliphatic hydroxyl groups is 2. The first-order chi connectivity index (χ1) is 22.1. The van der Waals surface area contributed by atoms with Gasteiger partial charge in [0.05, 0.1) is 40.6 Å². The molecule has 2 saturated heterocycles. The minimum absolute atomic E-state index is 0.210. The van der Waals surface area contributed by atoms with Gasteiger partial charge in [0.1, 0.15) is 0 Å². The number of fused-ring (bicyclic) bond motifs is 6. The zero-order valence-corrected chi connectivity index (χ0v) is 29.4. The van der Waals surface area contributed by atoms with Crippen LogP contribution in [0.4, 0.5) is 0 Å². The molecule has 8 nitrogen and oxygen atoms in total. The van der Waals surface area contributed by atoms with E-state index in [9.17, 15) is 10.2 Å². The van der Waals surface area contributed by atoms with Crippen molar-refractivity contribution in [3.8, 4) is 23.0 Å². The summed E-state index contributed by atoms with van der Waals surface area (Å²) in [4.78, 5) is 5.10. The average Bonchev–Trinajstić information content (AvgIpc) is 3.04. The van der Waals surface area contributed by atoms with Crippen molar-refractivity contribution in [2.45, 2.75) is 90.5 Å². The average molecular weight is 639 g/mol. The van der Waals surface area contributed by atoms with Crippen molar-refractivity contribution in [3.63, 3.8) is 0 Å². The van der Waals surface area contributed by atoms with Gasteiger partial charge in [-0.05, 0) is 109 Å². The fraction of sp³-hybridized carbons (Fsp3) is 0.684. The Bertz CT molecular complexity index is 1220. The van der Waals surface area contributed by atoms with E-state index in [0.29, 0.717) is 35.8 Å². The van der Waals surface area contributed by atoms with Crippen molar-refractivity contribution >= 4 is 0 Å². The van der Waals surface area contributed by atoms with Crippen LogP contribution in [0.5, 0.6) is 23.0 Å². The van der Waals surface area contributed by atoms with E-state index < -0.39 is 0 Å². The second kappa shape index (κ2) is 15.1. The molecule has 6 rings (SSSR count). The Morgan fingerprint density at radius 1 is 0.609 bits per heavy atom. The summed E-state index contributed by atoms with van der Waals surface area (Å²) in [5.74, 6) is 5.22. The first kappa shape index (κ1) is 34.8. The highest BCUT2D eigenvalue weighted by molar-refractivity contribution is 5.50. The number of rotatable bonds is 8. The van der Waals surface area contributed by atoms with Crippen LogP contribution >= 0.6 is 0 Å². The number of aliphatic hydroxyl groups excluding tert-OH is 2. The molecule has 2 aromatic rings. The molecule has 0 aromatic heterocycles. The highest BCUT2D eigenvalue weighted by Gasteiger charge is 2.40. The number of piperidine rings is 2. The van der Waals surface area contributed by atoms with Crippen molar-refractivity contribution in [2.24, 2.45) is 23.7 Å². The molecule has 4 aliphatic rings. The molecule has 2 aromatic carbocycles. The molecule has 0 unspecified atom stereocenters. The molecule has 256 valence electrons. The first-order valence-electron chi connectivity index (χ1n) is 17.4. The van der Waals surface area contributed by atoms with Gasteiger partial charge in [0, 0.05) is 38.3 Å². The maximum Gasteiger partial charge on any atom is 0.161 e. The summed E-state index contributed by atoms with van der Waals surface area (Å²) >= 11 is 0. The molecule has 2 N–H and O–H groups in total. The van der Waals surface area contributed by atoms with Gasteiger partial charge in [-0.25, -0.2) is 0 Å². The maximum atomic E-state index is 10.6. The minimum atomic E-state index is -0.210. The Kier molecular flexibility index (Phi) is 11.5. The van der Waals surface area contributed by atoms with Crippen LogP contribution in [0.15, 0.2) is 24.3 Å². The molecule has 6 atom stereocenters. The lowest BCUT2D eigenvalue weighted by Crippen LogP contribution is -2.48. The molecule has 0 saturated carbocycles. The third kappa shape index (κ3) is 7.46. The van der Waals surface area contributed by atoms with Gasteiger partial charge < -0.3 is 29.2 Å². The topological polar surface area (TPSA) is 83.9 Å². The number of methoxy groups -OCH3 is 4. The van der Waals surface area contributed by atoms with Crippen molar-refractivity contribution in [3.05, 3.63) is 46.5 Å². The highest BCUT2D eigenvalue weighted by Crippen LogP contribution is 2.45. The number of hydrogen-bond donors (Lipinski definition) is 2. The predicted octanol–water partition coefficient (Wildman–Crippen LogP) is 6.06. The molecule has 0 aliphatic carbocycles. The van der Waals surface area contributed by atoms with E-state index >= 15 is 0 Å². The van der Waals surface area contributed by atoms with E-state index in [-0.39, 0.29) is 12.2 Å². The van der Waals surface area contributed by atoms with Crippen molar-refractivity contribution < 1.29 is 29.2 Å². The zero-order valence-electron chi connectivity index (χ0n) is 29.4. The second-order valence-electron chi connectivity index (χ2n) is 14.7. The molecule has 4 heterocycles. The van der Waals surface area contributed by atoms with E-state index in [1.807, 2.05) is 0 Å². The van der Waals surface area contributed by atoms with E-state index in [0.717, 1.165) is 87.7 Å². The second-order valence-corrected chi connectivity index (χ2v) is 14.7. The monoisotopic (exact) mass is 638 g/mol. The number of benzene rings is 2. The molecule has 0 amide bonds. The summed E-state index contributed by atoms with van der Waals surface area (Å²) in [6, 6.07) is 9.05. The molecule has 0 radical (unpaired) electrons. The lowest BCUT2D eigenvalue weighted by atomic mass is 9.79. The van der Waals surface area contributed by atoms with Crippen molar-refractivity contribution in [1.29, 1.82) is 0 Å². The molecule has 46 heavy (non-hydrogen) atoms. The summed E-state index contributed by atoms with van der Waals surface area (Å²) in [7, 11) is 6.72. The van der Waals surface area contributed by atoms with E-state index in [1.165, 1.54) is 22.3 Å². The summed E-state index contributed by atoms with van der Waals surface area (Å²) < 4.78 is 21.8. The van der Waals surface area contributed by atoms with Crippen LogP contribution in [0.1, 0.15) is 87.7 Å². The van der Waals surface area contributed by atoms with Crippen molar-refractivity contribution in [1.82, 2.24) is 9.80 Å². The summed E-state index contributed by atoms with van der Waals surface area (Å²) in [5, 5.41) is 21.3. The van der Waals surface area contributed by atoms with Crippen LogP contribution in [0.2, 0.25) is 0 Å². The predicted molar refractivity (Wildman–Crippen MR) is 182 cm³/mol. The fourth-order valence-electron chi connectivity index (χ4n) is 8.51.